The number of hydrogen-bond donors (Lipinski definition) is 1. The number of halogens is 1. The lowest BCUT2D eigenvalue weighted by atomic mass is 10.1. The maximum Gasteiger partial charge on any atom is 0.224 e. The van der Waals surface area contributed by atoms with Crippen molar-refractivity contribution in [2.24, 2.45) is 0 Å². The van der Waals surface area contributed by atoms with Gasteiger partial charge < -0.3 is 14.8 Å². The quantitative estimate of drug-likeness (QED) is 0.800. The van der Waals surface area contributed by atoms with Crippen molar-refractivity contribution < 1.29 is 18.7 Å². The molecular weight excluding hydrogens is 285 g/mol. The Kier molecular flexibility index (Phi) is 5.77. The van der Waals surface area contributed by atoms with Crippen LogP contribution >= 0.6 is 0 Å². The highest BCUT2D eigenvalue weighted by molar-refractivity contribution is 5.78. The summed E-state index contributed by atoms with van der Waals surface area (Å²) in [4.78, 5) is 11.7. The second kappa shape index (κ2) is 8.02. The molecule has 0 radical (unpaired) electrons. The van der Waals surface area contributed by atoms with Gasteiger partial charge in [-0.2, -0.15) is 0 Å². The van der Waals surface area contributed by atoms with E-state index in [4.69, 9.17) is 9.47 Å². The Morgan fingerprint density at radius 3 is 2.59 bits per heavy atom. The molecule has 4 nitrogen and oxygen atoms in total. The highest BCUT2D eigenvalue weighted by atomic mass is 19.1. The molecule has 0 saturated heterocycles. The topological polar surface area (TPSA) is 47.6 Å². The monoisotopic (exact) mass is 303 g/mol. The van der Waals surface area contributed by atoms with Crippen LogP contribution in [0.3, 0.4) is 0 Å². The zero-order valence-corrected chi connectivity index (χ0v) is 12.3. The number of rotatable bonds is 7. The number of ether oxygens (including phenoxy) is 2. The van der Waals surface area contributed by atoms with Crippen LogP contribution in [0.15, 0.2) is 48.5 Å². The van der Waals surface area contributed by atoms with Crippen molar-refractivity contribution in [3.8, 4) is 11.5 Å². The van der Waals surface area contributed by atoms with Gasteiger partial charge in [0.25, 0.3) is 0 Å². The molecule has 1 N–H and O–H groups in total. The van der Waals surface area contributed by atoms with Gasteiger partial charge in [-0.3, -0.25) is 4.79 Å². The van der Waals surface area contributed by atoms with Crippen molar-refractivity contribution >= 4 is 5.91 Å². The predicted molar refractivity (Wildman–Crippen MR) is 81.6 cm³/mol. The predicted octanol–water partition coefficient (Wildman–Crippen LogP) is 2.57. The van der Waals surface area contributed by atoms with E-state index in [2.05, 4.69) is 5.32 Å². The standard InChI is InChI=1S/C17H18FNO3/c1-21-15-3-2-4-16(12-15)22-10-9-19-17(20)11-13-5-7-14(18)8-6-13/h2-8,12H,9-11H2,1H3,(H,19,20). The first-order chi connectivity index (χ1) is 10.7. The number of benzene rings is 2. The summed E-state index contributed by atoms with van der Waals surface area (Å²) in [7, 11) is 1.59. The molecule has 0 heterocycles. The average Bonchev–Trinajstić information content (AvgIpc) is 2.54. The van der Waals surface area contributed by atoms with Gasteiger partial charge in [0.15, 0.2) is 0 Å². The number of methoxy groups -OCH3 is 1. The summed E-state index contributed by atoms with van der Waals surface area (Å²) >= 11 is 0. The Morgan fingerprint density at radius 1 is 1.14 bits per heavy atom. The second-order valence-corrected chi connectivity index (χ2v) is 4.68. The molecule has 1 amide bonds. The van der Waals surface area contributed by atoms with Crippen LogP contribution < -0.4 is 14.8 Å². The van der Waals surface area contributed by atoms with Crippen LogP contribution in [0.25, 0.3) is 0 Å². The zero-order valence-electron chi connectivity index (χ0n) is 12.3. The van der Waals surface area contributed by atoms with Crippen molar-refractivity contribution in [2.45, 2.75) is 6.42 Å². The Morgan fingerprint density at radius 2 is 1.86 bits per heavy atom. The summed E-state index contributed by atoms with van der Waals surface area (Å²) in [5, 5.41) is 2.76. The van der Waals surface area contributed by atoms with Gasteiger partial charge in [-0.1, -0.05) is 18.2 Å². The van der Waals surface area contributed by atoms with E-state index < -0.39 is 0 Å². The lowest BCUT2D eigenvalue weighted by Gasteiger charge is -2.09. The van der Waals surface area contributed by atoms with Gasteiger partial charge in [-0.15, -0.1) is 0 Å². The number of hydrogen-bond acceptors (Lipinski definition) is 3. The summed E-state index contributed by atoms with van der Waals surface area (Å²) in [5.74, 6) is 0.974. The summed E-state index contributed by atoms with van der Waals surface area (Å²) in [6.45, 7) is 0.763. The molecule has 2 rings (SSSR count). The molecule has 0 aliphatic heterocycles. The van der Waals surface area contributed by atoms with Crippen molar-refractivity contribution in [1.29, 1.82) is 0 Å². The summed E-state index contributed by atoms with van der Waals surface area (Å²) in [6.07, 6.45) is 0.222. The number of amides is 1. The van der Waals surface area contributed by atoms with Gasteiger partial charge in [0.2, 0.25) is 5.91 Å². The lowest BCUT2D eigenvalue weighted by Crippen LogP contribution is -2.29. The molecular formula is C17H18FNO3. The van der Waals surface area contributed by atoms with Crippen LogP contribution in [0.4, 0.5) is 4.39 Å². The minimum Gasteiger partial charge on any atom is -0.497 e. The third-order valence-electron chi connectivity index (χ3n) is 3.01. The maximum absolute atomic E-state index is 12.8. The molecule has 2 aromatic rings. The minimum absolute atomic E-state index is 0.124. The Bertz CT molecular complexity index is 614. The van der Waals surface area contributed by atoms with E-state index in [9.17, 15) is 9.18 Å². The maximum atomic E-state index is 12.8. The molecule has 22 heavy (non-hydrogen) atoms. The second-order valence-electron chi connectivity index (χ2n) is 4.68. The molecule has 5 heteroatoms. The zero-order chi connectivity index (χ0) is 15.8. The summed E-state index contributed by atoms with van der Waals surface area (Å²) in [6, 6.07) is 13.1. The first-order valence-electron chi connectivity index (χ1n) is 6.95. The van der Waals surface area contributed by atoms with Crippen molar-refractivity contribution in [3.63, 3.8) is 0 Å². The highest BCUT2D eigenvalue weighted by Crippen LogP contribution is 2.18. The minimum atomic E-state index is -0.309. The molecule has 2 aromatic carbocycles. The van der Waals surface area contributed by atoms with E-state index in [1.165, 1.54) is 12.1 Å². The summed E-state index contributed by atoms with van der Waals surface area (Å²) < 4.78 is 23.4. The van der Waals surface area contributed by atoms with Crippen molar-refractivity contribution in [3.05, 3.63) is 59.9 Å². The third-order valence-corrected chi connectivity index (χ3v) is 3.01. The SMILES string of the molecule is COc1cccc(OCCNC(=O)Cc2ccc(F)cc2)c1. The molecule has 0 unspecified atom stereocenters. The van der Waals surface area contributed by atoms with Gasteiger partial charge in [-0.25, -0.2) is 4.39 Å². The van der Waals surface area contributed by atoms with Crippen LogP contribution in [0.5, 0.6) is 11.5 Å². The first-order valence-corrected chi connectivity index (χ1v) is 6.95. The largest absolute Gasteiger partial charge is 0.497 e. The fourth-order valence-electron chi connectivity index (χ4n) is 1.90. The van der Waals surface area contributed by atoms with E-state index in [1.807, 2.05) is 18.2 Å². The molecule has 0 bridgehead atoms. The average molecular weight is 303 g/mol. The number of nitrogens with one attached hydrogen (secondary N) is 1. The first kappa shape index (κ1) is 15.8. The van der Waals surface area contributed by atoms with Gasteiger partial charge in [-0.05, 0) is 29.8 Å². The van der Waals surface area contributed by atoms with Gasteiger partial charge in [0, 0.05) is 6.07 Å². The van der Waals surface area contributed by atoms with Crippen molar-refractivity contribution in [1.82, 2.24) is 5.32 Å². The number of carbonyl (C=O) groups is 1. The fourth-order valence-corrected chi connectivity index (χ4v) is 1.90. The van der Waals surface area contributed by atoms with Gasteiger partial charge in [0.1, 0.15) is 23.9 Å². The lowest BCUT2D eigenvalue weighted by molar-refractivity contribution is -0.120. The molecule has 0 aliphatic rings. The fraction of sp³-hybridized carbons (Fsp3) is 0.235. The molecule has 0 saturated carbocycles. The third kappa shape index (κ3) is 5.09. The van der Waals surface area contributed by atoms with E-state index in [-0.39, 0.29) is 18.1 Å². The van der Waals surface area contributed by atoms with Crippen LogP contribution in [0.2, 0.25) is 0 Å². The van der Waals surface area contributed by atoms with E-state index in [0.29, 0.717) is 18.9 Å². The van der Waals surface area contributed by atoms with Crippen molar-refractivity contribution in [2.75, 3.05) is 20.3 Å². The van der Waals surface area contributed by atoms with Crippen LogP contribution in [0, 0.1) is 5.82 Å². The Balaban J connectivity index is 1.69. The van der Waals surface area contributed by atoms with Crippen LogP contribution in [-0.4, -0.2) is 26.2 Å². The van der Waals surface area contributed by atoms with Gasteiger partial charge in [0.05, 0.1) is 20.1 Å². The number of carbonyl (C=O) groups excluding carboxylic acids is 1. The van der Waals surface area contributed by atoms with E-state index in [0.717, 1.165) is 11.3 Å². The van der Waals surface area contributed by atoms with Crippen LogP contribution in [-0.2, 0) is 11.2 Å². The molecule has 0 fully saturated rings. The molecule has 0 aliphatic carbocycles. The molecule has 0 spiro atoms. The molecule has 0 aromatic heterocycles. The summed E-state index contributed by atoms with van der Waals surface area (Å²) in [5.41, 5.74) is 0.771. The normalized spacial score (nSPS) is 10.1. The van der Waals surface area contributed by atoms with Gasteiger partial charge >= 0.3 is 0 Å². The van der Waals surface area contributed by atoms with Crippen LogP contribution in [0.1, 0.15) is 5.56 Å². The van der Waals surface area contributed by atoms with E-state index in [1.54, 1.807) is 25.3 Å². The smallest absolute Gasteiger partial charge is 0.224 e. The van der Waals surface area contributed by atoms with E-state index >= 15 is 0 Å². The molecule has 0 atom stereocenters. The highest BCUT2D eigenvalue weighted by Gasteiger charge is 2.03. The Labute approximate surface area is 128 Å². The molecule has 116 valence electrons. The Hall–Kier alpha value is -2.56.